The van der Waals surface area contributed by atoms with Crippen LogP contribution in [0, 0.1) is 0 Å². The minimum absolute atomic E-state index is 0.122. The molecule has 1 saturated heterocycles. The van der Waals surface area contributed by atoms with Crippen LogP contribution in [-0.2, 0) is 11.3 Å². The number of imidazole rings is 1. The van der Waals surface area contributed by atoms with Crippen LogP contribution in [0.15, 0.2) is 42.9 Å². The van der Waals surface area contributed by atoms with Crippen LogP contribution in [0.1, 0.15) is 36.6 Å². The molecule has 4 nitrogen and oxygen atoms in total. The van der Waals surface area contributed by atoms with E-state index in [0.29, 0.717) is 6.10 Å². The van der Waals surface area contributed by atoms with E-state index in [9.17, 15) is 0 Å². The molecule has 1 aliphatic heterocycles. The minimum atomic E-state index is -0.122. The molecular weight excluding hydrogens is 250 g/mol. The van der Waals surface area contributed by atoms with E-state index in [1.165, 1.54) is 12.8 Å². The number of hydrogen-bond donors (Lipinski definition) is 1. The highest BCUT2D eigenvalue weighted by atomic mass is 16.5. The molecule has 0 aliphatic carbocycles. The van der Waals surface area contributed by atoms with E-state index in [0.717, 1.165) is 30.8 Å². The first kappa shape index (κ1) is 13.3. The Morgan fingerprint density at radius 2 is 2.20 bits per heavy atom. The van der Waals surface area contributed by atoms with Gasteiger partial charge in [0.1, 0.15) is 0 Å². The average molecular weight is 271 g/mol. The van der Waals surface area contributed by atoms with Crippen molar-refractivity contribution in [3.05, 3.63) is 54.1 Å². The largest absolute Gasteiger partial charge is 0.378 e. The standard InChI is InChI=1S/C16H21N3O/c17-16(13-5-2-1-3-6-13)15-11-18-12-19(15)9-8-14-7-4-10-20-14/h1-3,5-6,11-12,14,16H,4,7-10,17H2. The van der Waals surface area contributed by atoms with Gasteiger partial charge in [-0.25, -0.2) is 4.98 Å². The summed E-state index contributed by atoms with van der Waals surface area (Å²) in [5, 5.41) is 0. The van der Waals surface area contributed by atoms with Gasteiger partial charge in [0.25, 0.3) is 0 Å². The monoisotopic (exact) mass is 271 g/mol. The molecule has 1 aliphatic rings. The maximum Gasteiger partial charge on any atom is 0.0948 e. The number of hydrogen-bond acceptors (Lipinski definition) is 3. The van der Waals surface area contributed by atoms with Gasteiger partial charge in [0.2, 0.25) is 0 Å². The van der Waals surface area contributed by atoms with Gasteiger partial charge in [0, 0.05) is 13.2 Å². The van der Waals surface area contributed by atoms with Crippen LogP contribution in [-0.4, -0.2) is 22.3 Å². The number of nitrogens with two attached hydrogens (primary N) is 1. The lowest BCUT2D eigenvalue weighted by molar-refractivity contribution is 0.100. The maximum absolute atomic E-state index is 6.35. The number of nitrogens with zero attached hydrogens (tertiary/aromatic N) is 2. The van der Waals surface area contributed by atoms with Gasteiger partial charge < -0.3 is 15.0 Å². The highest BCUT2D eigenvalue weighted by Gasteiger charge is 2.17. The zero-order valence-electron chi connectivity index (χ0n) is 11.6. The van der Waals surface area contributed by atoms with Crippen LogP contribution in [0.3, 0.4) is 0 Å². The molecule has 1 aromatic heterocycles. The van der Waals surface area contributed by atoms with Gasteiger partial charge in [-0.05, 0) is 24.8 Å². The van der Waals surface area contributed by atoms with E-state index in [-0.39, 0.29) is 6.04 Å². The Hall–Kier alpha value is -1.65. The third-order valence-corrected chi connectivity index (χ3v) is 3.94. The van der Waals surface area contributed by atoms with Gasteiger partial charge in [-0.2, -0.15) is 0 Å². The lowest BCUT2D eigenvalue weighted by atomic mass is 10.1. The molecule has 1 fully saturated rings. The van der Waals surface area contributed by atoms with E-state index in [1.807, 2.05) is 30.7 Å². The van der Waals surface area contributed by atoms with Gasteiger partial charge in [-0.1, -0.05) is 30.3 Å². The van der Waals surface area contributed by atoms with E-state index >= 15 is 0 Å². The quantitative estimate of drug-likeness (QED) is 0.909. The predicted octanol–water partition coefficient (Wildman–Crippen LogP) is 2.50. The Morgan fingerprint density at radius 3 is 2.95 bits per heavy atom. The molecule has 106 valence electrons. The molecule has 2 N–H and O–H groups in total. The Balaban J connectivity index is 1.69. The van der Waals surface area contributed by atoms with E-state index in [1.54, 1.807) is 0 Å². The van der Waals surface area contributed by atoms with Gasteiger partial charge >= 0.3 is 0 Å². The third kappa shape index (κ3) is 2.92. The first-order chi connectivity index (χ1) is 9.84. The molecule has 3 rings (SSSR count). The average Bonchev–Trinajstić information content (AvgIpc) is 3.16. The van der Waals surface area contributed by atoms with Crippen molar-refractivity contribution in [1.29, 1.82) is 0 Å². The van der Waals surface area contributed by atoms with Crippen LogP contribution >= 0.6 is 0 Å². The fourth-order valence-corrected chi connectivity index (χ4v) is 2.76. The zero-order valence-corrected chi connectivity index (χ0v) is 11.6. The number of aryl methyl sites for hydroxylation is 1. The lowest BCUT2D eigenvalue weighted by Crippen LogP contribution is -2.18. The minimum Gasteiger partial charge on any atom is -0.378 e. The molecule has 0 spiro atoms. The van der Waals surface area contributed by atoms with Crippen LogP contribution in [0.2, 0.25) is 0 Å². The van der Waals surface area contributed by atoms with Crippen LogP contribution in [0.4, 0.5) is 0 Å². The molecule has 2 heterocycles. The Kier molecular flexibility index (Phi) is 4.14. The molecule has 0 radical (unpaired) electrons. The molecule has 2 aromatic rings. The van der Waals surface area contributed by atoms with Crippen molar-refractivity contribution in [3.63, 3.8) is 0 Å². The third-order valence-electron chi connectivity index (χ3n) is 3.94. The van der Waals surface area contributed by atoms with Crippen molar-refractivity contribution in [2.45, 2.75) is 38.0 Å². The Bertz CT molecular complexity index is 532. The summed E-state index contributed by atoms with van der Waals surface area (Å²) < 4.78 is 7.82. The van der Waals surface area contributed by atoms with Crippen molar-refractivity contribution < 1.29 is 4.74 Å². The summed E-state index contributed by atoms with van der Waals surface area (Å²) in [5.41, 5.74) is 8.53. The first-order valence-corrected chi connectivity index (χ1v) is 7.27. The summed E-state index contributed by atoms with van der Waals surface area (Å²) in [7, 11) is 0. The number of ether oxygens (including phenoxy) is 1. The molecule has 0 saturated carbocycles. The Morgan fingerprint density at radius 1 is 1.35 bits per heavy atom. The first-order valence-electron chi connectivity index (χ1n) is 7.27. The molecule has 0 bridgehead atoms. The molecule has 1 aromatic carbocycles. The predicted molar refractivity (Wildman–Crippen MR) is 78.3 cm³/mol. The van der Waals surface area contributed by atoms with E-state index in [4.69, 9.17) is 10.5 Å². The van der Waals surface area contributed by atoms with Crippen molar-refractivity contribution in [3.8, 4) is 0 Å². The fourth-order valence-electron chi connectivity index (χ4n) is 2.76. The number of aromatic nitrogens is 2. The van der Waals surface area contributed by atoms with Crippen LogP contribution in [0.5, 0.6) is 0 Å². The smallest absolute Gasteiger partial charge is 0.0948 e. The summed E-state index contributed by atoms with van der Waals surface area (Å²) in [6.45, 7) is 1.82. The molecule has 4 heteroatoms. The number of benzene rings is 1. The lowest BCUT2D eigenvalue weighted by Gasteiger charge is -2.16. The van der Waals surface area contributed by atoms with Gasteiger partial charge in [0.15, 0.2) is 0 Å². The second-order valence-electron chi connectivity index (χ2n) is 5.32. The summed E-state index contributed by atoms with van der Waals surface area (Å²) >= 11 is 0. The van der Waals surface area contributed by atoms with Gasteiger partial charge in [0.05, 0.1) is 30.4 Å². The fraction of sp³-hybridized carbons (Fsp3) is 0.438. The molecule has 2 atom stereocenters. The zero-order chi connectivity index (χ0) is 13.8. The van der Waals surface area contributed by atoms with Crippen molar-refractivity contribution in [2.75, 3.05) is 6.61 Å². The number of rotatable bonds is 5. The SMILES string of the molecule is NC(c1ccccc1)c1cncn1CCC1CCCO1. The highest BCUT2D eigenvalue weighted by Crippen LogP contribution is 2.21. The van der Waals surface area contributed by atoms with Crippen molar-refractivity contribution in [1.82, 2.24) is 9.55 Å². The van der Waals surface area contributed by atoms with Crippen LogP contribution < -0.4 is 5.73 Å². The normalized spacial score (nSPS) is 20.1. The van der Waals surface area contributed by atoms with Gasteiger partial charge in [-0.15, -0.1) is 0 Å². The second kappa shape index (κ2) is 6.20. The van der Waals surface area contributed by atoms with Gasteiger partial charge in [-0.3, -0.25) is 0 Å². The molecule has 20 heavy (non-hydrogen) atoms. The molecular formula is C16H21N3O. The van der Waals surface area contributed by atoms with E-state index in [2.05, 4.69) is 21.7 Å². The summed E-state index contributed by atoms with van der Waals surface area (Å²) in [6, 6.07) is 10.0. The summed E-state index contributed by atoms with van der Waals surface area (Å²) in [5.74, 6) is 0. The summed E-state index contributed by atoms with van der Waals surface area (Å²) in [6.07, 6.45) is 7.53. The maximum atomic E-state index is 6.35. The second-order valence-corrected chi connectivity index (χ2v) is 5.32. The van der Waals surface area contributed by atoms with Crippen molar-refractivity contribution >= 4 is 0 Å². The van der Waals surface area contributed by atoms with E-state index < -0.39 is 0 Å². The van der Waals surface area contributed by atoms with Crippen molar-refractivity contribution in [2.24, 2.45) is 5.73 Å². The van der Waals surface area contributed by atoms with Crippen LogP contribution in [0.25, 0.3) is 0 Å². The Labute approximate surface area is 119 Å². The molecule has 2 unspecified atom stereocenters. The topological polar surface area (TPSA) is 53.1 Å². The summed E-state index contributed by atoms with van der Waals surface area (Å²) in [4.78, 5) is 4.26. The highest BCUT2D eigenvalue weighted by molar-refractivity contribution is 5.26. The molecule has 0 amide bonds.